The van der Waals surface area contributed by atoms with Crippen LogP contribution in [0.25, 0.3) is 22.4 Å². The highest BCUT2D eigenvalue weighted by Crippen LogP contribution is 2.33. The number of sulfone groups is 1. The number of carbonyl (C=O) groups excluding carboxylic acids is 1. The smallest absolute Gasteiger partial charge is 0.416 e. The number of carboxylic acid groups (broad SMARTS) is 1. The van der Waals surface area contributed by atoms with Crippen molar-refractivity contribution in [1.82, 2.24) is 4.98 Å². The predicted molar refractivity (Wildman–Crippen MR) is 179 cm³/mol. The number of alkyl halides is 3. The molecule has 0 aliphatic carbocycles. The van der Waals surface area contributed by atoms with Gasteiger partial charge in [0.1, 0.15) is 10.8 Å². The fraction of sp³-hybridized carbons (Fsp3) is 0.147. The lowest BCUT2D eigenvalue weighted by atomic mass is 10.1. The normalized spacial score (nSPS) is 12.0. The van der Waals surface area contributed by atoms with E-state index < -0.39 is 40.1 Å². The first-order valence-corrected chi connectivity index (χ1v) is 17.1. The standard InChI is InChI=1S/C34H26ClF3N2O6S2/c35-25-9-11-26(12-10-25)48(44,45)16-2-4-22-6-13-29(46-20-32(41)42)27(18-22)40-33(43)23-5-1-3-21(17-23)7-15-31-39-28-19-24(34(36,37)38)8-14-30(28)47-31/h1,3,5-15,17-19H,2,4,16,20H2,(H,40,43)(H,41,42). The Balaban J connectivity index is 1.29. The lowest BCUT2D eigenvalue weighted by molar-refractivity contribution is -0.139. The van der Waals surface area contributed by atoms with Crippen LogP contribution in [0.15, 0.2) is 89.8 Å². The lowest BCUT2D eigenvalue weighted by Crippen LogP contribution is -2.15. The first kappa shape index (κ1) is 34.6. The molecule has 0 radical (unpaired) electrons. The van der Waals surface area contributed by atoms with Gasteiger partial charge in [-0.15, -0.1) is 11.3 Å². The van der Waals surface area contributed by atoms with E-state index in [2.05, 4.69) is 10.3 Å². The van der Waals surface area contributed by atoms with Crippen LogP contribution in [-0.4, -0.2) is 42.7 Å². The number of ether oxygens (including phenoxy) is 1. The number of hydrogen-bond donors (Lipinski definition) is 2. The van der Waals surface area contributed by atoms with Crippen LogP contribution >= 0.6 is 22.9 Å². The molecule has 0 saturated heterocycles. The minimum atomic E-state index is -4.47. The summed E-state index contributed by atoms with van der Waals surface area (Å²) in [5, 5.41) is 12.8. The molecule has 0 bridgehead atoms. The molecule has 48 heavy (non-hydrogen) atoms. The maximum absolute atomic E-state index is 13.3. The molecule has 1 heterocycles. The number of benzene rings is 4. The van der Waals surface area contributed by atoms with E-state index >= 15 is 0 Å². The average Bonchev–Trinajstić information content (AvgIpc) is 3.46. The molecule has 0 atom stereocenters. The fourth-order valence-corrected chi connectivity index (χ4v) is 6.95. The first-order chi connectivity index (χ1) is 22.8. The van der Waals surface area contributed by atoms with Gasteiger partial charge in [-0.2, -0.15) is 13.2 Å². The largest absolute Gasteiger partial charge is 0.480 e. The van der Waals surface area contributed by atoms with Crippen molar-refractivity contribution in [2.45, 2.75) is 23.9 Å². The second kappa shape index (κ2) is 14.6. The van der Waals surface area contributed by atoms with Crippen molar-refractivity contribution in [2.75, 3.05) is 17.7 Å². The SMILES string of the molecule is O=C(O)COc1ccc(CCCS(=O)(=O)c2ccc(Cl)cc2)cc1NC(=O)c1cccc(C=Cc2nc3cc(C(F)(F)F)ccc3s2)c1. The Labute approximate surface area is 282 Å². The summed E-state index contributed by atoms with van der Waals surface area (Å²) in [6, 6.07) is 20.6. The third-order valence-corrected chi connectivity index (χ3v) is 10.1. The van der Waals surface area contributed by atoms with Crippen molar-refractivity contribution in [3.8, 4) is 5.75 Å². The van der Waals surface area contributed by atoms with Crippen molar-refractivity contribution < 1.29 is 41.0 Å². The summed E-state index contributed by atoms with van der Waals surface area (Å²) < 4.78 is 70.6. The Kier molecular flexibility index (Phi) is 10.5. The van der Waals surface area contributed by atoms with Crippen LogP contribution in [0.5, 0.6) is 5.75 Å². The number of anilines is 1. The molecule has 0 spiro atoms. The minimum Gasteiger partial charge on any atom is -0.480 e. The molecular formula is C34H26ClF3N2O6S2. The number of aliphatic carboxylic acids is 1. The van der Waals surface area contributed by atoms with Crippen LogP contribution < -0.4 is 10.1 Å². The number of nitrogens with one attached hydrogen (secondary N) is 1. The molecule has 4 aromatic carbocycles. The van der Waals surface area contributed by atoms with E-state index in [1.807, 2.05) is 0 Å². The highest BCUT2D eigenvalue weighted by atomic mass is 35.5. The average molecular weight is 715 g/mol. The Morgan fingerprint density at radius 2 is 1.75 bits per heavy atom. The quantitative estimate of drug-likeness (QED) is 0.133. The van der Waals surface area contributed by atoms with Gasteiger partial charge < -0.3 is 15.2 Å². The summed E-state index contributed by atoms with van der Waals surface area (Å²) >= 11 is 7.09. The molecule has 0 aliphatic heterocycles. The zero-order valence-corrected chi connectivity index (χ0v) is 27.2. The Hall–Kier alpha value is -4.72. The lowest BCUT2D eigenvalue weighted by Gasteiger charge is -2.14. The van der Waals surface area contributed by atoms with Crippen LogP contribution in [0.4, 0.5) is 18.9 Å². The molecule has 248 valence electrons. The number of halogens is 4. The molecule has 2 N–H and O–H groups in total. The molecule has 1 amide bonds. The molecule has 0 fully saturated rings. The number of amides is 1. The molecule has 8 nitrogen and oxygen atoms in total. The zero-order valence-electron chi connectivity index (χ0n) is 24.8. The van der Waals surface area contributed by atoms with Crippen LogP contribution in [0, 0.1) is 0 Å². The van der Waals surface area contributed by atoms with Gasteiger partial charge >= 0.3 is 12.1 Å². The molecule has 1 aromatic heterocycles. The van der Waals surface area contributed by atoms with Crippen LogP contribution in [-0.2, 0) is 27.2 Å². The molecule has 5 rings (SSSR count). The van der Waals surface area contributed by atoms with E-state index in [-0.39, 0.29) is 39.6 Å². The second-order valence-electron chi connectivity index (χ2n) is 10.5. The highest BCUT2D eigenvalue weighted by Gasteiger charge is 2.30. The summed E-state index contributed by atoms with van der Waals surface area (Å²) in [5.41, 5.74) is 1.23. The van der Waals surface area contributed by atoms with E-state index in [1.165, 1.54) is 47.7 Å². The van der Waals surface area contributed by atoms with Crippen LogP contribution in [0.2, 0.25) is 5.02 Å². The van der Waals surface area contributed by atoms with Crippen molar-refractivity contribution in [3.63, 3.8) is 0 Å². The number of fused-ring (bicyclic) bond motifs is 1. The number of nitrogens with zero attached hydrogens (tertiary/aromatic N) is 1. The van der Waals surface area contributed by atoms with Gasteiger partial charge in [-0.3, -0.25) is 4.79 Å². The summed E-state index contributed by atoms with van der Waals surface area (Å²) in [4.78, 5) is 28.9. The number of hydrogen-bond acceptors (Lipinski definition) is 7. The van der Waals surface area contributed by atoms with Gasteiger partial charge in [0.05, 0.1) is 32.1 Å². The number of aryl methyl sites for hydroxylation is 1. The van der Waals surface area contributed by atoms with Crippen LogP contribution in [0.3, 0.4) is 0 Å². The summed E-state index contributed by atoms with van der Waals surface area (Å²) in [5.74, 6) is -1.74. The summed E-state index contributed by atoms with van der Waals surface area (Å²) in [7, 11) is -3.55. The molecular weight excluding hydrogens is 689 g/mol. The number of thiazole rings is 1. The van der Waals surface area contributed by atoms with Gasteiger partial charge in [-0.05, 0) is 96.8 Å². The van der Waals surface area contributed by atoms with Crippen LogP contribution in [0.1, 0.15) is 38.5 Å². The third kappa shape index (κ3) is 9.00. The Morgan fingerprint density at radius 1 is 0.979 bits per heavy atom. The Morgan fingerprint density at radius 3 is 2.48 bits per heavy atom. The minimum absolute atomic E-state index is 0.115. The molecule has 5 aromatic rings. The topological polar surface area (TPSA) is 123 Å². The van der Waals surface area contributed by atoms with E-state index in [4.69, 9.17) is 21.4 Å². The van der Waals surface area contributed by atoms with Gasteiger partial charge in [0.15, 0.2) is 16.4 Å². The Bertz CT molecular complexity index is 2110. The van der Waals surface area contributed by atoms with Gasteiger partial charge in [-0.1, -0.05) is 35.9 Å². The maximum Gasteiger partial charge on any atom is 0.416 e. The van der Waals surface area contributed by atoms with Gasteiger partial charge in [0.2, 0.25) is 0 Å². The summed E-state index contributed by atoms with van der Waals surface area (Å²) in [6.07, 6.45) is -0.525. The predicted octanol–water partition coefficient (Wildman–Crippen LogP) is 8.26. The van der Waals surface area contributed by atoms with Crippen molar-refractivity contribution >= 4 is 72.7 Å². The fourth-order valence-electron chi connectivity index (χ4n) is 4.66. The second-order valence-corrected chi connectivity index (χ2v) is 14.1. The van der Waals surface area contributed by atoms with Gasteiger partial charge in [0, 0.05) is 10.6 Å². The number of carbonyl (C=O) groups is 2. The highest BCUT2D eigenvalue weighted by molar-refractivity contribution is 7.91. The summed E-state index contributed by atoms with van der Waals surface area (Å²) in [6.45, 7) is -0.648. The maximum atomic E-state index is 13.3. The van der Waals surface area contributed by atoms with E-state index in [0.29, 0.717) is 32.3 Å². The van der Waals surface area contributed by atoms with E-state index in [1.54, 1.807) is 48.6 Å². The van der Waals surface area contributed by atoms with Crippen molar-refractivity contribution in [1.29, 1.82) is 0 Å². The van der Waals surface area contributed by atoms with E-state index in [9.17, 15) is 31.2 Å². The number of carboxylic acids is 1. The van der Waals surface area contributed by atoms with Gasteiger partial charge in [0.25, 0.3) is 5.91 Å². The third-order valence-electron chi connectivity index (χ3n) is 6.99. The van der Waals surface area contributed by atoms with Crippen molar-refractivity contribution in [2.24, 2.45) is 0 Å². The molecule has 0 saturated carbocycles. The monoisotopic (exact) mass is 714 g/mol. The van der Waals surface area contributed by atoms with Gasteiger partial charge in [-0.25, -0.2) is 18.2 Å². The molecule has 14 heteroatoms. The van der Waals surface area contributed by atoms with Crippen molar-refractivity contribution in [3.05, 3.63) is 117 Å². The first-order valence-electron chi connectivity index (χ1n) is 14.3. The number of aromatic nitrogens is 1. The number of rotatable bonds is 12. The molecule has 0 aliphatic rings. The zero-order chi connectivity index (χ0) is 34.5. The van der Waals surface area contributed by atoms with E-state index in [0.717, 1.165) is 12.1 Å². The molecule has 0 unspecified atom stereocenters.